The van der Waals surface area contributed by atoms with E-state index in [0.717, 1.165) is 6.07 Å². The van der Waals surface area contributed by atoms with Crippen molar-refractivity contribution in [2.75, 3.05) is 23.8 Å². The molecule has 0 aliphatic heterocycles. The Morgan fingerprint density at radius 3 is 2.10 bits per heavy atom. The van der Waals surface area contributed by atoms with Crippen molar-refractivity contribution in [1.29, 1.82) is 0 Å². The van der Waals surface area contributed by atoms with Gasteiger partial charge in [-0.15, -0.1) is 0 Å². The van der Waals surface area contributed by atoms with E-state index < -0.39 is 17.1 Å². The number of nitro benzene ring substituents is 1. The van der Waals surface area contributed by atoms with Gasteiger partial charge < -0.3 is 9.47 Å². The van der Waals surface area contributed by atoms with Gasteiger partial charge in [0.1, 0.15) is 0 Å². The maximum Gasteiger partial charge on any atom is 0.411 e. The van der Waals surface area contributed by atoms with Crippen molar-refractivity contribution in [2.45, 2.75) is 13.8 Å². The van der Waals surface area contributed by atoms with E-state index in [2.05, 4.69) is 15.4 Å². The molecule has 0 atom stereocenters. The van der Waals surface area contributed by atoms with E-state index in [1.54, 1.807) is 13.8 Å². The zero-order valence-corrected chi connectivity index (χ0v) is 11.5. The van der Waals surface area contributed by atoms with Crippen molar-refractivity contribution in [3.05, 3.63) is 28.3 Å². The Morgan fingerprint density at radius 2 is 1.62 bits per heavy atom. The van der Waals surface area contributed by atoms with Gasteiger partial charge in [-0.05, 0) is 19.9 Å². The number of rotatable bonds is 5. The van der Waals surface area contributed by atoms with Crippen LogP contribution in [-0.4, -0.2) is 30.3 Å². The van der Waals surface area contributed by atoms with Gasteiger partial charge in [-0.25, -0.2) is 9.59 Å². The molecular weight excluding hydrogens is 282 g/mol. The minimum atomic E-state index is -0.787. The molecule has 0 heterocycles. The van der Waals surface area contributed by atoms with E-state index in [0.29, 0.717) is 0 Å². The summed E-state index contributed by atoms with van der Waals surface area (Å²) < 4.78 is 9.39. The monoisotopic (exact) mass is 297 g/mol. The van der Waals surface area contributed by atoms with Gasteiger partial charge in [0, 0.05) is 12.1 Å². The van der Waals surface area contributed by atoms with Crippen LogP contribution in [0.1, 0.15) is 13.8 Å². The van der Waals surface area contributed by atoms with Crippen molar-refractivity contribution in [3.8, 4) is 0 Å². The van der Waals surface area contributed by atoms with E-state index in [4.69, 9.17) is 4.74 Å². The van der Waals surface area contributed by atoms with Crippen LogP contribution in [0.2, 0.25) is 0 Å². The van der Waals surface area contributed by atoms with Gasteiger partial charge in [0.15, 0.2) is 0 Å². The average Bonchev–Trinajstić information content (AvgIpc) is 2.41. The first-order valence-electron chi connectivity index (χ1n) is 6.13. The number of benzene rings is 1. The maximum absolute atomic E-state index is 11.4. The molecule has 1 aromatic rings. The third kappa shape index (κ3) is 4.97. The predicted molar refractivity (Wildman–Crippen MR) is 74.4 cm³/mol. The molecule has 9 nitrogen and oxygen atoms in total. The number of hydrogen-bond donors (Lipinski definition) is 2. The van der Waals surface area contributed by atoms with Crippen molar-refractivity contribution in [1.82, 2.24) is 0 Å². The molecule has 0 aliphatic rings. The first-order chi connectivity index (χ1) is 9.97. The lowest BCUT2D eigenvalue weighted by molar-refractivity contribution is -0.384. The van der Waals surface area contributed by atoms with Gasteiger partial charge in [-0.3, -0.25) is 20.7 Å². The third-order valence-electron chi connectivity index (χ3n) is 2.24. The molecule has 1 rings (SSSR count). The summed E-state index contributed by atoms with van der Waals surface area (Å²) in [6.07, 6.45) is -1.52. The molecule has 1 aromatic carbocycles. The zero-order chi connectivity index (χ0) is 15.8. The van der Waals surface area contributed by atoms with E-state index >= 15 is 0 Å². The summed E-state index contributed by atoms with van der Waals surface area (Å²) in [5.74, 6) is 0. The Labute approximate surface area is 120 Å². The molecule has 2 amide bonds. The average molecular weight is 297 g/mol. The number of amides is 2. The van der Waals surface area contributed by atoms with E-state index in [9.17, 15) is 19.7 Å². The van der Waals surface area contributed by atoms with Crippen LogP contribution in [0.5, 0.6) is 0 Å². The molecule has 21 heavy (non-hydrogen) atoms. The molecule has 0 spiro atoms. The van der Waals surface area contributed by atoms with Gasteiger partial charge in [0.2, 0.25) is 0 Å². The van der Waals surface area contributed by atoms with Crippen molar-refractivity contribution in [3.63, 3.8) is 0 Å². The van der Waals surface area contributed by atoms with Crippen molar-refractivity contribution < 1.29 is 24.0 Å². The molecule has 0 radical (unpaired) electrons. The number of nitro groups is 1. The van der Waals surface area contributed by atoms with Crippen molar-refractivity contribution >= 4 is 29.2 Å². The minimum Gasteiger partial charge on any atom is -0.450 e. The summed E-state index contributed by atoms with van der Waals surface area (Å²) >= 11 is 0. The predicted octanol–water partition coefficient (Wildman–Crippen LogP) is 2.73. The minimum absolute atomic E-state index is 0.0377. The lowest BCUT2D eigenvalue weighted by atomic mass is 10.2. The summed E-state index contributed by atoms with van der Waals surface area (Å²) in [5.41, 5.74) is -0.0426. The molecule has 2 N–H and O–H groups in total. The second-order valence-electron chi connectivity index (χ2n) is 3.68. The molecule has 0 saturated heterocycles. The Balaban J connectivity index is 3.01. The highest BCUT2D eigenvalue weighted by atomic mass is 16.6. The lowest BCUT2D eigenvalue weighted by Crippen LogP contribution is -2.18. The van der Waals surface area contributed by atoms with Gasteiger partial charge in [0.05, 0.1) is 29.5 Å². The Hall–Kier alpha value is -2.84. The number of carbonyl (C=O) groups excluding carboxylic acids is 2. The van der Waals surface area contributed by atoms with E-state index in [-0.39, 0.29) is 30.3 Å². The summed E-state index contributed by atoms with van der Waals surface area (Å²) in [6.45, 7) is 3.55. The van der Waals surface area contributed by atoms with Crippen LogP contribution in [0, 0.1) is 10.1 Å². The first kappa shape index (κ1) is 16.2. The number of anilines is 2. The smallest absolute Gasteiger partial charge is 0.411 e. The van der Waals surface area contributed by atoms with Crippen LogP contribution in [0.3, 0.4) is 0 Å². The normalized spacial score (nSPS) is 9.62. The maximum atomic E-state index is 11.4. The third-order valence-corrected chi connectivity index (χ3v) is 2.24. The fraction of sp³-hybridized carbons (Fsp3) is 0.333. The van der Waals surface area contributed by atoms with Crippen molar-refractivity contribution in [2.24, 2.45) is 0 Å². The van der Waals surface area contributed by atoms with Gasteiger partial charge in [-0.2, -0.15) is 0 Å². The Bertz CT molecular complexity index is 546. The SMILES string of the molecule is CCOC(=O)Nc1ccc([N+](=O)[O-])cc1NC(=O)OCC. The Kier molecular flexibility index (Phi) is 5.93. The topological polar surface area (TPSA) is 120 Å². The molecule has 0 unspecified atom stereocenters. The summed E-state index contributed by atoms with van der Waals surface area (Å²) in [4.78, 5) is 32.9. The zero-order valence-electron chi connectivity index (χ0n) is 11.5. The molecule has 0 fully saturated rings. The number of ether oxygens (including phenoxy) is 2. The molecule has 9 heteroatoms. The lowest BCUT2D eigenvalue weighted by Gasteiger charge is -2.11. The molecule has 0 saturated carbocycles. The fourth-order valence-electron chi connectivity index (χ4n) is 1.41. The quantitative estimate of drug-likeness (QED) is 0.637. The Morgan fingerprint density at radius 1 is 1.10 bits per heavy atom. The highest BCUT2D eigenvalue weighted by Crippen LogP contribution is 2.27. The van der Waals surface area contributed by atoms with Crippen LogP contribution < -0.4 is 10.6 Å². The van der Waals surface area contributed by atoms with E-state index in [1.807, 2.05) is 0 Å². The van der Waals surface area contributed by atoms with Crippen LogP contribution in [0.25, 0.3) is 0 Å². The van der Waals surface area contributed by atoms with Crippen LogP contribution in [0.4, 0.5) is 26.7 Å². The second-order valence-corrected chi connectivity index (χ2v) is 3.68. The summed E-state index contributed by atoms with van der Waals surface area (Å²) in [5, 5.41) is 15.4. The van der Waals surface area contributed by atoms with Crippen LogP contribution in [-0.2, 0) is 9.47 Å². The number of hydrogen-bond acceptors (Lipinski definition) is 6. The number of nitrogens with one attached hydrogen (secondary N) is 2. The molecule has 114 valence electrons. The van der Waals surface area contributed by atoms with Gasteiger partial charge >= 0.3 is 12.2 Å². The molecule has 0 bridgehead atoms. The van der Waals surface area contributed by atoms with Crippen LogP contribution in [0.15, 0.2) is 18.2 Å². The first-order valence-corrected chi connectivity index (χ1v) is 6.13. The summed E-state index contributed by atoms with van der Waals surface area (Å²) in [7, 11) is 0. The molecule has 0 aliphatic carbocycles. The fourth-order valence-corrected chi connectivity index (χ4v) is 1.41. The standard InChI is InChI=1S/C12H15N3O6/c1-3-20-11(16)13-9-6-5-8(15(18)19)7-10(9)14-12(17)21-4-2/h5-7H,3-4H2,1-2H3,(H,13,16)(H,14,17). The molecular formula is C12H15N3O6. The number of nitrogens with zero attached hydrogens (tertiary/aromatic N) is 1. The second kappa shape index (κ2) is 7.68. The highest BCUT2D eigenvalue weighted by Gasteiger charge is 2.15. The van der Waals surface area contributed by atoms with Gasteiger partial charge in [0.25, 0.3) is 5.69 Å². The van der Waals surface area contributed by atoms with E-state index in [1.165, 1.54) is 12.1 Å². The van der Waals surface area contributed by atoms with Gasteiger partial charge in [-0.1, -0.05) is 0 Å². The largest absolute Gasteiger partial charge is 0.450 e. The highest BCUT2D eigenvalue weighted by molar-refractivity contribution is 5.95. The molecule has 0 aromatic heterocycles. The van der Waals surface area contributed by atoms with Crippen LogP contribution >= 0.6 is 0 Å². The number of carbonyl (C=O) groups is 2. The number of non-ortho nitro benzene ring substituents is 1. The summed E-state index contributed by atoms with van der Waals surface area (Å²) in [6, 6.07) is 3.59.